The van der Waals surface area contributed by atoms with Crippen molar-refractivity contribution in [1.82, 2.24) is 0 Å². The topological polar surface area (TPSA) is 18.5 Å². The van der Waals surface area contributed by atoms with E-state index in [0.717, 1.165) is 35.3 Å². The molecule has 1 fully saturated rings. The summed E-state index contributed by atoms with van der Waals surface area (Å²) in [4.78, 5) is 0. The quantitative estimate of drug-likeness (QED) is 0.339. The molecule has 37 heavy (non-hydrogen) atoms. The highest BCUT2D eigenvalue weighted by molar-refractivity contribution is 5.85. The molecule has 3 aliphatic rings. The van der Waals surface area contributed by atoms with Crippen LogP contribution in [0.2, 0.25) is 0 Å². The van der Waals surface area contributed by atoms with Crippen LogP contribution in [0.3, 0.4) is 0 Å². The maximum absolute atomic E-state index is 15.1. The minimum atomic E-state index is -0.235. The molecule has 0 heterocycles. The van der Waals surface area contributed by atoms with E-state index in [-0.39, 0.29) is 11.2 Å². The summed E-state index contributed by atoms with van der Waals surface area (Å²) in [7, 11) is 1.62. The van der Waals surface area contributed by atoms with Gasteiger partial charge in [0.1, 0.15) is 23.9 Å². The van der Waals surface area contributed by atoms with Crippen molar-refractivity contribution in [3.63, 3.8) is 0 Å². The Morgan fingerprint density at radius 1 is 0.811 bits per heavy atom. The van der Waals surface area contributed by atoms with Crippen LogP contribution in [-0.4, -0.2) is 7.11 Å². The zero-order chi connectivity index (χ0) is 25.6. The summed E-state index contributed by atoms with van der Waals surface area (Å²) >= 11 is 0. The van der Waals surface area contributed by atoms with Gasteiger partial charge in [0, 0.05) is 5.56 Å². The maximum atomic E-state index is 15.1. The second kappa shape index (κ2) is 9.35. The first-order valence-electron chi connectivity index (χ1n) is 13.8. The number of rotatable bonds is 6. The number of halogens is 1. The van der Waals surface area contributed by atoms with Crippen LogP contribution in [0.5, 0.6) is 11.5 Å². The normalized spacial score (nSPS) is 19.2. The van der Waals surface area contributed by atoms with E-state index < -0.39 is 0 Å². The maximum Gasteiger partial charge on any atom is 0.131 e. The van der Waals surface area contributed by atoms with Gasteiger partial charge in [-0.15, -0.1) is 0 Å². The standard InChI is InChI=1S/C34H37FO2/c1-33(2)15-5-8-30(33)28-19-23(9-13-27(28)29-20-25(36-3)12-14-32(29)35)22-37-26-11-10-24-7-4-16-34(17-6-18-34)31(24)21-26/h8-14,19-21H,4-7,15-18,22H2,1-3H3. The highest BCUT2D eigenvalue weighted by Crippen LogP contribution is 2.52. The van der Waals surface area contributed by atoms with Crippen LogP contribution in [0.4, 0.5) is 4.39 Å². The number of hydrogen-bond acceptors (Lipinski definition) is 2. The van der Waals surface area contributed by atoms with Crippen LogP contribution in [-0.2, 0) is 18.4 Å². The third-order valence-electron chi connectivity index (χ3n) is 9.16. The van der Waals surface area contributed by atoms with Gasteiger partial charge >= 0.3 is 0 Å². The first kappa shape index (κ1) is 24.3. The number of hydrogen-bond donors (Lipinski definition) is 0. The third kappa shape index (κ3) is 4.37. The van der Waals surface area contributed by atoms with Crippen LogP contribution in [0.25, 0.3) is 16.7 Å². The van der Waals surface area contributed by atoms with Crippen molar-refractivity contribution in [3.05, 3.63) is 88.7 Å². The van der Waals surface area contributed by atoms with Crippen LogP contribution < -0.4 is 9.47 Å². The molecule has 0 amide bonds. The summed E-state index contributed by atoms with van der Waals surface area (Å²) in [6.45, 7) is 5.06. The fourth-order valence-electron chi connectivity index (χ4n) is 6.84. The lowest BCUT2D eigenvalue weighted by atomic mass is 9.58. The average Bonchev–Trinajstić information content (AvgIpc) is 3.25. The van der Waals surface area contributed by atoms with Crippen LogP contribution >= 0.6 is 0 Å². The fraction of sp³-hybridized carbons (Fsp3) is 0.412. The summed E-state index contributed by atoms with van der Waals surface area (Å²) < 4.78 is 26.9. The van der Waals surface area contributed by atoms with Gasteiger partial charge in [0.15, 0.2) is 0 Å². The molecule has 3 heteroatoms. The molecule has 0 aromatic heterocycles. The van der Waals surface area contributed by atoms with Crippen molar-refractivity contribution >= 4 is 5.57 Å². The van der Waals surface area contributed by atoms with Crippen LogP contribution in [0, 0.1) is 11.2 Å². The van der Waals surface area contributed by atoms with Gasteiger partial charge < -0.3 is 9.47 Å². The molecule has 0 unspecified atom stereocenters. The van der Waals surface area contributed by atoms with Crippen molar-refractivity contribution in [2.45, 2.75) is 77.2 Å². The van der Waals surface area contributed by atoms with E-state index in [1.54, 1.807) is 19.2 Å². The van der Waals surface area contributed by atoms with E-state index >= 15 is 4.39 Å². The zero-order valence-electron chi connectivity index (χ0n) is 22.3. The van der Waals surface area contributed by atoms with E-state index in [1.165, 1.54) is 61.3 Å². The molecule has 1 spiro atoms. The number of benzene rings is 3. The summed E-state index contributed by atoms with van der Waals surface area (Å²) in [6, 6.07) is 18.0. The zero-order valence-corrected chi connectivity index (χ0v) is 22.3. The van der Waals surface area contributed by atoms with E-state index in [1.807, 2.05) is 0 Å². The van der Waals surface area contributed by atoms with Gasteiger partial charge in [-0.1, -0.05) is 44.5 Å². The molecule has 0 aliphatic heterocycles. The lowest BCUT2D eigenvalue weighted by molar-refractivity contribution is 0.207. The first-order chi connectivity index (χ1) is 17.9. The monoisotopic (exact) mass is 496 g/mol. The highest BCUT2D eigenvalue weighted by Gasteiger charge is 2.41. The molecule has 0 N–H and O–H groups in total. The summed E-state index contributed by atoms with van der Waals surface area (Å²) in [6.07, 6.45) is 12.3. The van der Waals surface area contributed by atoms with E-state index in [2.05, 4.69) is 56.3 Å². The van der Waals surface area contributed by atoms with Gasteiger partial charge in [-0.3, -0.25) is 0 Å². The van der Waals surface area contributed by atoms with Crippen molar-refractivity contribution in [2.75, 3.05) is 7.11 Å². The Kier molecular flexibility index (Phi) is 6.13. The Balaban J connectivity index is 1.33. The van der Waals surface area contributed by atoms with Gasteiger partial charge in [0.05, 0.1) is 7.11 Å². The molecule has 3 aromatic rings. The molecule has 2 nitrogen and oxygen atoms in total. The largest absolute Gasteiger partial charge is 0.497 e. The minimum absolute atomic E-state index is 0.0408. The van der Waals surface area contributed by atoms with E-state index in [9.17, 15) is 0 Å². The molecule has 3 aromatic carbocycles. The van der Waals surface area contributed by atoms with Crippen molar-refractivity contribution in [1.29, 1.82) is 0 Å². The summed E-state index contributed by atoms with van der Waals surface area (Å²) in [5, 5.41) is 0. The van der Waals surface area contributed by atoms with E-state index in [4.69, 9.17) is 9.47 Å². The van der Waals surface area contributed by atoms with Gasteiger partial charge in [-0.25, -0.2) is 4.39 Å². The minimum Gasteiger partial charge on any atom is -0.497 e. The van der Waals surface area contributed by atoms with Gasteiger partial charge in [-0.05, 0) is 126 Å². The average molecular weight is 497 g/mol. The van der Waals surface area contributed by atoms with Crippen LogP contribution in [0.15, 0.2) is 60.7 Å². The second-order valence-electron chi connectivity index (χ2n) is 11.9. The van der Waals surface area contributed by atoms with Gasteiger partial charge in [-0.2, -0.15) is 0 Å². The lowest BCUT2D eigenvalue weighted by Gasteiger charge is -2.46. The predicted molar refractivity (Wildman–Crippen MR) is 149 cm³/mol. The molecule has 1 saturated carbocycles. The molecular formula is C34H37FO2. The number of fused-ring (bicyclic) bond motifs is 2. The second-order valence-corrected chi connectivity index (χ2v) is 11.9. The molecule has 3 aliphatic carbocycles. The van der Waals surface area contributed by atoms with Crippen molar-refractivity contribution in [2.24, 2.45) is 5.41 Å². The molecule has 192 valence electrons. The Hall–Kier alpha value is -3.07. The smallest absolute Gasteiger partial charge is 0.131 e. The van der Waals surface area contributed by atoms with Crippen molar-refractivity contribution < 1.29 is 13.9 Å². The first-order valence-corrected chi connectivity index (χ1v) is 13.8. The molecule has 6 rings (SSSR count). The van der Waals surface area contributed by atoms with E-state index in [0.29, 0.717) is 23.3 Å². The predicted octanol–water partition coefficient (Wildman–Crippen LogP) is 9.04. The van der Waals surface area contributed by atoms with Crippen LogP contribution in [0.1, 0.15) is 81.0 Å². The summed E-state index contributed by atoms with van der Waals surface area (Å²) in [5.74, 6) is 1.38. The SMILES string of the molecule is COc1ccc(F)c(-c2ccc(COc3ccc4c(c3)C3(CCC4)CCC3)cc2C2=CCCC2(C)C)c1. The number of allylic oxidation sites excluding steroid dienone is 2. The number of methoxy groups -OCH3 is 1. The molecule has 0 radical (unpaired) electrons. The Morgan fingerprint density at radius 3 is 2.35 bits per heavy atom. The van der Waals surface area contributed by atoms with Crippen molar-refractivity contribution in [3.8, 4) is 22.6 Å². The third-order valence-corrected chi connectivity index (χ3v) is 9.16. The molecule has 0 bridgehead atoms. The highest BCUT2D eigenvalue weighted by atomic mass is 19.1. The molecule has 0 atom stereocenters. The van der Waals surface area contributed by atoms with Gasteiger partial charge in [0.2, 0.25) is 0 Å². The number of ether oxygens (including phenoxy) is 2. The molecular weight excluding hydrogens is 459 g/mol. The lowest BCUT2D eigenvalue weighted by Crippen LogP contribution is -2.37. The number of aryl methyl sites for hydroxylation is 1. The fourth-order valence-corrected chi connectivity index (χ4v) is 6.84. The summed E-state index contributed by atoms with van der Waals surface area (Å²) in [5.41, 5.74) is 8.45. The molecule has 0 saturated heterocycles. The van der Waals surface area contributed by atoms with Gasteiger partial charge in [0.25, 0.3) is 0 Å². The Labute approximate surface area is 220 Å². The Bertz CT molecular complexity index is 1360. The Morgan fingerprint density at radius 2 is 1.62 bits per heavy atom.